The van der Waals surface area contributed by atoms with Crippen LogP contribution in [0.3, 0.4) is 0 Å². The van der Waals surface area contributed by atoms with Crippen LogP contribution in [-0.4, -0.2) is 24.5 Å². The molecule has 5 heteroatoms. The molecule has 23 heavy (non-hydrogen) atoms. The van der Waals surface area contributed by atoms with Crippen LogP contribution in [0.4, 0.5) is 4.79 Å². The van der Waals surface area contributed by atoms with Gasteiger partial charge in [-0.1, -0.05) is 26.2 Å². The predicted molar refractivity (Wildman–Crippen MR) is 93.0 cm³/mol. The maximum absolute atomic E-state index is 11.4. The molecule has 0 spiro atoms. The number of ether oxygens (including phenoxy) is 2. The predicted octanol–water partition coefficient (Wildman–Crippen LogP) is 4.50. The van der Waals surface area contributed by atoms with Crippen molar-refractivity contribution in [1.82, 2.24) is 5.43 Å². The number of hydrogen-bond acceptors (Lipinski definition) is 4. The molecule has 1 N–H and O–H groups in total. The first kappa shape index (κ1) is 19.0. The number of benzene rings is 1. The molecule has 0 bridgehead atoms. The molecule has 0 saturated carbocycles. The molecule has 0 aromatic heterocycles. The van der Waals surface area contributed by atoms with Crippen LogP contribution in [0.15, 0.2) is 29.4 Å². The van der Waals surface area contributed by atoms with E-state index in [1.54, 1.807) is 27.0 Å². The van der Waals surface area contributed by atoms with E-state index in [2.05, 4.69) is 17.5 Å². The van der Waals surface area contributed by atoms with E-state index in [0.717, 1.165) is 24.3 Å². The zero-order valence-corrected chi connectivity index (χ0v) is 14.6. The number of amides is 1. The largest absolute Gasteiger partial charge is 0.494 e. The van der Waals surface area contributed by atoms with Crippen molar-refractivity contribution < 1.29 is 14.3 Å². The van der Waals surface area contributed by atoms with Gasteiger partial charge in [0.25, 0.3) is 0 Å². The molecule has 0 radical (unpaired) electrons. The molecule has 0 heterocycles. The lowest BCUT2D eigenvalue weighted by atomic mass is 10.2. The van der Waals surface area contributed by atoms with E-state index in [1.807, 2.05) is 24.3 Å². The molecule has 0 saturated heterocycles. The Balaban J connectivity index is 2.33. The Bertz CT molecular complexity index is 490. The Morgan fingerprint density at radius 1 is 1.17 bits per heavy atom. The number of hydrogen-bond donors (Lipinski definition) is 1. The number of carbonyl (C=O) groups excluding carboxylic acids is 1. The summed E-state index contributed by atoms with van der Waals surface area (Å²) in [7, 11) is 0. The third-order valence-corrected chi connectivity index (χ3v) is 2.92. The second-order valence-corrected chi connectivity index (χ2v) is 6.35. The fourth-order valence-corrected chi connectivity index (χ4v) is 1.83. The lowest BCUT2D eigenvalue weighted by Gasteiger charge is -2.18. The minimum Gasteiger partial charge on any atom is -0.494 e. The van der Waals surface area contributed by atoms with Crippen LogP contribution in [0.1, 0.15) is 58.9 Å². The van der Waals surface area contributed by atoms with Gasteiger partial charge in [0.05, 0.1) is 12.8 Å². The fourth-order valence-electron chi connectivity index (χ4n) is 1.83. The molecule has 0 aliphatic rings. The van der Waals surface area contributed by atoms with Gasteiger partial charge in [-0.05, 0) is 57.0 Å². The van der Waals surface area contributed by atoms with Gasteiger partial charge in [-0.15, -0.1) is 0 Å². The van der Waals surface area contributed by atoms with Gasteiger partial charge < -0.3 is 9.47 Å². The van der Waals surface area contributed by atoms with Gasteiger partial charge in [-0.25, -0.2) is 10.2 Å². The van der Waals surface area contributed by atoms with Crippen molar-refractivity contribution in [3.05, 3.63) is 29.8 Å². The van der Waals surface area contributed by atoms with Crippen LogP contribution in [0.5, 0.6) is 5.75 Å². The molecule has 1 aromatic rings. The Morgan fingerprint density at radius 3 is 2.48 bits per heavy atom. The van der Waals surface area contributed by atoms with Gasteiger partial charge in [0.15, 0.2) is 0 Å². The Morgan fingerprint density at radius 2 is 1.87 bits per heavy atom. The summed E-state index contributed by atoms with van der Waals surface area (Å²) < 4.78 is 10.8. The summed E-state index contributed by atoms with van der Waals surface area (Å²) in [5.74, 6) is 0.846. The van der Waals surface area contributed by atoms with Crippen LogP contribution < -0.4 is 10.2 Å². The van der Waals surface area contributed by atoms with E-state index in [-0.39, 0.29) is 0 Å². The van der Waals surface area contributed by atoms with Crippen molar-refractivity contribution in [2.45, 2.75) is 59.0 Å². The Hall–Kier alpha value is -2.04. The molecule has 0 unspecified atom stereocenters. The van der Waals surface area contributed by atoms with E-state index < -0.39 is 11.7 Å². The molecule has 5 nitrogen and oxygen atoms in total. The lowest BCUT2D eigenvalue weighted by molar-refractivity contribution is 0.0529. The highest BCUT2D eigenvalue weighted by Gasteiger charge is 2.15. The molecule has 1 aromatic carbocycles. The van der Waals surface area contributed by atoms with Gasteiger partial charge in [-0.3, -0.25) is 0 Å². The van der Waals surface area contributed by atoms with Gasteiger partial charge in [-0.2, -0.15) is 5.10 Å². The standard InChI is InChI=1S/C18H28N2O3/c1-5-6-7-8-13-22-16-11-9-15(10-12-16)14-19-20-17(21)23-18(2,3)4/h9-12,14H,5-8,13H2,1-4H3,(H,20,21)/b19-14+. The highest BCUT2D eigenvalue weighted by atomic mass is 16.6. The number of unbranched alkanes of at least 4 members (excludes halogenated alkanes) is 3. The topological polar surface area (TPSA) is 59.9 Å². The molecule has 0 aliphatic heterocycles. The first-order valence-electron chi connectivity index (χ1n) is 8.15. The average molecular weight is 320 g/mol. The number of nitrogens with one attached hydrogen (secondary N) is 1. The fraction of sp³-hybridized carbons (Fsp3) is 0.556. The lowest BCUT2D eigenvalue weighted by Crippen LogP contribution is -2.29. The monoisotopic (exact) mass is 320 g/mol. The summed E-state index contributed by atoms with van der Waals surface area (Å²) in [4.78, 5) is 11.4. The molecule has 1 rings (SSSR count). The number of rotatable bonds is 8. The average Bonchev–Trinajstić information content (AvgIpc) is 2.47. The molecular formula is C18H28N2O3. The molecule has 1 amide bonds. The summed E-state index contributed by atoms with van der Waals surface area (Å²) in [6, 6.07) is 7.58. The summed E-state index contributed by atoms with van der Waals surface area (Å²) in [5.41, 5.74) is 2.68. The van der Waals surface area contributed by atoms with E-state index >= 15 is 0 Å². The van der Waals surface area contributed by atoms with Crippen molar-refractivity contribution in [3.63, 3.8) is 0 Å². The maximum Gasteiger partial charge on any atom is 0.428 e. The molecule has 0 aliphatic carbocycles. The summed E-state index contributed by atoms with van der Waals surface area (Å²) in [5, 5.41) is 3.86. The number of hydrazone groups is 1. The van der Waals surface area contributed by atoms with E-state index in [0.29, 0.717) is 0 Å². The van der Waals surface area contributed by atoms with Gasteiger partial charge >= 0.3 is 6.09 Å². The quantitative estimate of drug-likeness (QED) is 0.436. The third-order valence-electron chi connectivity index (χ3n) is 2.92. The van der Waals surface area contributed by atoms with E-state index in [1.165, 1.54) is 19.3 Å². The van der Waals surface area contributed by atoms with Crippen molar-refractivity contribution in [2.75, 3.05) is 6.61 Å². The van der Waals surface area contributed by atoms with Gasteiger partial charge in [0.1, 0.15) is 11.4 Å². The first-order chi connectivity index (χ1) is 10.9. The molecule has 128 valence electrons. The van der Waals surface area contributed by atoms with Crippen molar-refractivity contribution in [3.8, 4) is 5.75 Å². The zero-order valence-electron chi connectivity index (χ0n) is 14.6. The van der Waals surface area contributed by atoms with E-state index in [9.17, 15) is 4.79 Å². The summed E-state index contributed by atoms with van der Waals surface area (Å²) in [6.07, 6.45) is 5.76. The smallest absolute Gasteiger partial charge is 0.428 e. The Labute approximate surface area is 139 Å². The molecular weight excluding hydrogens is 292 g/mol. The zero-order chi connectivity index (χ0) is 17.1. The van der Waals surface area contributed by atoms with Gasteiger partial charge in [0, 0.05) is 0 Å². The highest BCUT2D eigenvalue weighted by molar-refractivity contribution is 5.81. The van der Waals surface area contributed by atoms with Crippen LogP contribution >= 0.6 is 0 Å². The van der Waals surface area contributed by atoms with Crippen molar-refractivity contribution >= 4 is 12.3 Å². The highest BCUT2D eigenvalue weighted by Crippen LogP contribution is 2.12. The molecule has 0 atom stereocenters. The number of nitrogens with zero attached hydrogens (tertiary/aromatic N) is 1. The van der Waals surface area contributed by atoms with Crippen LogP contribution in [0.25, 0.3) is 0 Å². The minimum absolute atomic E-state index is 0.532. The van der Waals surface area contributed by atoms with Gasteiger partial charge in [0.2, 0.25) is 0 Å². The first-order valence-corrected chi connectivity index (χ1v) is 8.15. The van der Waals surface area contributed by atoms with Crippen LogP contribution in [-0.2, 0) is 4.74 Å². The van der Waals surface area contributed by atoms with E-state index in [4.69, 9.17) is 9.47 Å². The second kappa shape index (κ2) is 9.87. The van der Waals surface area contributed by atoms with Crippen molar-refractivity contribution in [1.29, 1.82) is 0 Å². The minimum atomic E-state index is -0.569. The SMILES string of the molecule is CCCCCCOc1ccc(/C=N/NC(=O)OC(C)(C)C)cc1. The van der Waals surface area contributed by atoms with Crippen LogP contribution in [0, 0.1) is 0 Å². The van der Waals surface area contributed by atoms with Crippen molar-refractivity contribution in [2.24, 2.45) is 5.10 Å². The Kier molecular flexibility index (Phi) is 8.16. The third kappa shape index (κ3) is 9.55. The summed E-state index contributed by atoms with van der Waals surface area (Å²) in [6.45, 7) is 8.35. The molecule has 0 fully saturated rings. The number of carbonyl (C=O) groups is 1. The normalized spacial score (nSPS) is 11.5. The summed E-state index contributed by atoms with van der Waals surface area (Å²) >= 11 is 0. The second-order valence-electron chi connectivity index (χ2n) is 6.35. The van der Waals surface area contributed by atoms with Crippen LogP contribution in [0.2, 0.25) is 0 Å². The maximum atomic E-state index is 11.4.